The molecule has 10 heteroatoms. The van der Waals surface area contributed by atoms with Crippen LogP contribution >= 0.6 is 34.8 Å². The first-order valence-corrected chi connectivity index (χ1v) is 11.2. The van der Waals surface area contributed by atoms with E-state index in [-0.39, 0.29) is 6.61 Å². The van der Waals surface area contributed by atoms with Crippen molar-refractivity contribution in [1.82, 2.24) is 5.43 Å². The molecule has 0 aliphatic rings. The average molecular weight is 521 g/mol. The lowest BCUT2D eigenvalue weighted by molar-refractivity contribution is -0.136. The number of hydrogen-bond donors (Lipinski definition) is 2. The zero-order valence-corrected chi connectivity index (χ0v) is 20.2. The van der Waals surface area contributed by atoms with Crippen LogP contribution in [-0.4, -0.2) is 24.6 Å². The number of amides is 2. The third kappa shape index (κ3) is 7.12. The normalized spacial score (nSPS) is 10.7. The minimum absolute atomic E-state index is 0.158. The molecule has 3 aromatic rings. The fraction of sp³-hybridized carbons (Fsp3) is 0.125. The van der Waals surface area contributed by atoms with Crippen molar-refractivity contribution in [2.45, 2.75) is 13.5 Å². The van der Waals surface area contributed by atoms with Crippen molar-refractivity contribution in [3.05, 3.63) is 86.9 Å². The number of nitrogens with zero attached hydrogens (tertiary/aromatic N) is 1. The Balaban J connectivity index is 1.61. The van der Waals surface area contributed by atoms with Gasteiger partial charge in [-0.25, -0.2) is 5.43 Å². The molecule has 0 unspecified atom stereocenters. The van der Waals surface area contributed by atoms with E-state index in [4.69, 9.17) is 44.3 Å². The second-order valence-electron chi connectivity index (χ2n) is 6.79. The Labute approximate surface area is 211 Å². The van der Waals surface area contributed by atoms with E-state index >= 15 is 0 Å². The monoisotopic (exact) mass is 519 g/mol. The fourth-order valence-corrected chi connectivity index (χ4v) is 3.38. The van der Waals surface area contributed by atoms with Gasteiger partial charge in [-0.15, -0.1) is 0 Å². The minimum atomic E-state index is -0.923. The van der Waals surface area contributed by atoms with E-state index in [1.807, 2.05) is 6.92 Å². The average Bonchev–Trinajstić information content (AvgIpc) is 2.81. The largest absolute Gasteiger partial charge is 0.490 e. The molecule has 34 heavy (non-hydrogen) atoms. The van der Waals surface area contributed by atoms with Crippen LogP contribution in [0.15, 0.2) is 65.8 Å². The molecule has 0 bridgehead atoms. The van der Waals surface area contributed by atoms with Crippen molar-refractivity contribution < 1.29 is 19.1 Å². The van der Waals surface area contributed by atoms with Gasteiger partial charge in [-0.05, 0) is 67.1 Å². The number of ether oxygens (including phenoxy) is 2. The summed E-state index contributed by atoms with van der Waals surface area (Å²) in [5, 5.41) is 7.80. The van der Waals surface area contributed by atoms with Gasteiger partial charge < -0.3 is 14.8 Å². The van der Waals surface area contributed by atoms with Gasteiger partial charge in [-0.3, -0.25) is 9.59 Å². The Hall–Kier alpha value is -3.26. The maximum atomic E-state index is 12.0. The number of carbonyl (C=O) groups excluding carboxylic acids is 2. The molecule has 3 rings (SSSR count). The van der Waals surface area contributed by atoms with Crippen LogP contribution in [-0.2, 0) is 16.2 Å². The first-order valence-electron chi connectivity index (χ1n) is 10.1. The van der Waals surface area contributed by atoms with Crippen LogP contribution in [0.2, 0.25) is 15.1 Å². The van der Waals surface area contributed by atoms with Crippen LogP contribution in [0.5, 0.6) is 11.5 Å². The Morgan fingerprint density at radius 3 is 2.29 bits per heavy atom. The smallest absolute Gasteiger partial charge is 0.329 e. The highest BCUT2D eigenvalue weighted by molar-refractivity contribution is 6.39. The highest BCUT2D eigenvalue weighted by atomic mass is 35.5. The minimum Gasteiger partial charge on any atom is -0.490 e. The molecule has 0 radical (unpaired) electrons. The van der Waals surface area contributed by atoms with Gasteiger partial charge in [0.05, 0.1) is 12.8 Å². The lowest BCUT2D eigenvalue weighted by Gasteiger charge is -2.14. The molecule has 0 saturated heterocycles. The van der Waals surface area contributed by atoms with Gasteiger partial charge in [0.15, 0.2) is 11.5 Å². The van der Waals surface area contributed by atoms with Gasteiger partial charge in [-0.2, -0.15) is 5.10 Å². The predicted octanol–water partition coefficient (Wildman–Crippen LogP) is 5.71. The molecule has 0 aliphatic heterocycles. The van der Waals surface area contributed by atoms with Gasteiger partial charge in [0, 0.05) is 26.3 Å². The molecule has 0 saturated carbocycles. The molecule has 7 nitrogen and oxygen atoms in total. The van der Waals surface area contributed by atoms with Gasteiger partial charge in [-0.1, -0.05) is 40.9 Å². The van der Waals surface area contributed by atoms with Gasteiger partial charge in [0.1, 0.15) is 6.61 Å². The van der Waals surface area contributed by atoms with E-state index in [0.717, 1.165) is 0 Å². The number of nitrogens with one attached hydrogen (secondary N) is 2. The molecule has 0 aromatic heterocycles. The van der Waals surface area contributed by atoms with Gasteiger partial charge in [0.25, 0.3) is 0 Å². The number of hydrazone groups is 1. The highest BCUT2D eigenvalue weighted by Gasteiger charge is 2.13. The molecular formula is C24H20Cl3N3O4. The number of halogens is 3. The summed E-state index contributed by atoms with van der Waals surface area (Å²) in [5.74, 6) is -0.827. The first-order chi connectivity index (χ1) is 16.4. The lowest BCUT2D eigenvalue weighted by Crippen LogP contribution is -2.32. The summed E-state index contributed by atoms with van der Waals surface area (Å²) in [6, 6.07) is 16.7. The van der Waals surface area contributed by atoms with Crippen LogP contribution in [0.3, 0.4) is 0 Å². The zero-order valence-electron chi connectivity index (χ0n) is 18.0. The van der Waals surface area contributed by atoms with Crippen molar-refractivity contribution in [3.8, 4) is 11.5 Å². The standard InChI is InChI=1S/C24H20Cl3N3O4/c1-2-33-22-12-15(6-11-21(22)34-14-18-19(26)4-3-5-20(18)27)13-28-30-24(32)23(31)29-17-9-7-16(25)8-10-17/h3-13H,2,14H2,1H3,(H,29,31)(H,30,32)/b28-13+. The molecule has 0 fully saturated rings. The van der Waals surface area contributed by atoms with Crippen LogP contribution in [0, 0.1) is 0 Å². The van der Waals surface area contributed by atoms with Crippen molar-refractivity contribution in [2.75, 3.05) is 11.9 Å². The third-order valence-corrected chi connectivity index (χ3v) is 5.35. The third-order valence-electron chi connectivity index (χ3n) is 4.39. The van der Waals surface area contributed by atoms with E-state index in [1.54, 1.807) is 60.7 Å². The van der Waals surface area contributed by atoms with Crippen LogP contribution in [0.4, 0.5) is 5.69 Å². The molecular weight excluding hydrogens is 501 g/mol. The van der Waals surface area contributed by atoms with Crippen molar-refractivity contribution in [1.29, 1.82) is 0 Å². The number of anilines is 1. The molecule has 0 spiro atoms. The number of carbonyl (C=O) groups is 2. The van der Waals surface area contributed by atoms with Crippen LogP contribution < -0.4 is 20.2 Å². The summed E-state index contributed by atoms with van der Waals surface area (Å²) in [4.78, 5) is 23.9. The Kier molecular flexibility index (Phi) is 9.16. The Bertz CT molecular complexity index is 1180. The van der Waals surface area contributed by atoms with Crippen LogP contribution in [0.1, 0.15) is 18.1 Å². The summed E-state index contributed by atoms with van der Waals surface area (Å²) >= 11 is 18.2. The molecule has 2 N–H and O–H groups in total. The quantitative estimate of drug-likeness (QED) is 0.226. The Morgan fingerprint density at radius 2 is 1.62 bits per heavy atom. The predicted molar refractivity (Wildman–Crippen MR) is 134 cm³/mol. The fourth-order valence-electron chi connectivity index (χ4n) is 2.75. The topological polar surface area (TPSA) is 89.0 Å². The van der Waals surface area contributed by atoms with Crippen molar-refractivity contribution in [3.63, 3.8) is 0 Å². The number of hydrogen-bond acceptors (Lipinski definition) is 5. The number of benzene rings is 3. The molecule has 0 atom stereocenters. The first kappa shape index (κ1) is 25.4. The zero-order chi connectivity index (χ0) is 24.5. The summed E-state index contributed by atoms with van der Waals surface area (Å²) in [6.45, 7) is 2.41. The SMILES string of the molecule is CCOc1cc(/C=N/NC(=O)C(=O)Nc2ccc(Cl)cc2)ccc1OCc1c(Cl)cccc1Cl. The van der Waals surface area contributed by atoms with Gasteiger partial charge in [0.2, 0.25) is 0 Å². The summed E-state index contributed by atoms with van der Waals surface area (Å²) in [5.41, 5.74) is 3.89. The van der Waals surface area contributed by atoms with Gasteiger partial charge >= 0.3 is 11.8 Å². The second kappa shape index (κ2) is 12.3. The molecule has 3 aromatic carbocycles. The lowest BCUT2D eigenvalue weighted by atomic mass is 10.2. The van der Waals surface area contributed by atoms with E-state index in [0.29, 0.717) is 50.0 Å². The van der Waals surface area contributed by atoms with Crippen LogP contribution in [0.25, 0.3) is 0 Å². The molecule has 2 amide bonds. The maximum absolute atomic E-state index is 12.0. The van der Waals surface area contributed by atoms with E-state index in [2.05, 4.69) is 15.8 Å². The highest BCUT2D eigenvalue weighted by Crippen LogP contribution is 2.31. The summed E-state index contributed by atoms with van der Waals surface area (Å²) < 4.78 is 11.5. The van der Waals surface area contributed by atoms with Crippen molar-refractivity contribution >= 4 is 58.5 Å². The van der Waals surface area contributed by atoms with E-state index < -0.39 is 11.8 Å². The maximum Gasteiger partial charge on any atom is 0.329 e. The Morgan fingerprint density at radius 1 is 0.912 bits per heavy atom. The van der Waals surface area contributed by atoms with Crippen molar-refractivity contribution in [2.24, 2.45) is 5.10 Å². The van der Waals surface area contributed by atoms with E-state index in [9.17, 15) is 9.59 Å². The molecule has 176 valence electrons. The summed E-state index contributed by atoms with van der Waals surface area (Å²) in [7, 11) is 0. The van der Waals surface area contributed by atoms with E-state index in [1.165, 1.54) is 6.21 Å². The second-order valence-corrected chi connectivity index (χ2v) is 8.04. The number of rotatable bonds is 8. The molecule has 0 heterocycles. The molecule has 0 aliphatic carbocycles. The summed E-state index contributed by atoms with van der Waals surface area (Å²) in [6.07, 6.45) is 1.38.